The Morgan fingerprint density at radius 1 is 1.22 bits per heavy atom. The zero-order valence-corrected chi connectivity index (χ0v) is 19.0. The maximum atomic E-state index is 12.2. The lowest BCUT2D eigenvalue weighted by Gasteiger charge is -2.22. The summed E-state index contributed by atoms with van der Waals surface area (Å²) in [5, 5.41) is 4.78. The number of fused-ring (bicyclic) bond motifs is 1. The minimum absolute atomic E-state index is 0.00814. The third kappa shape index (κ3) is 4.01. The van der Waals surface area contributed by atoms with Gasteiger partial charge in [0, 0.05) is 38.6 Å². The first-order valence-corrected chi connectivity index (χ1v) is 11.7. The van der Waals surface area contributed by atoms with Gasteiger partial charge in [0.15, 0.2) is 5.82 Å². The van der Waals surface area contributed by atoms with Crippen LogP contribution >= 0.6 is 11.3 Å². The molecule has 0 N–H and O–H groups in total. The molecule has 0 bridgehead atoms. The number of thiazole rings is 1. The Kier molecular flexibility index (Phi) is 5.91. The second-order valence-electron chi connectivity index (χ2n) is 8.18. The van der Waals surface area contributed by atoms with Gasteiger partial charge in [0.1, 0.15) is 6.73 Å². The van der Waals surface area contributed by atoms with Crippen molar-refractivity contribution in [2.75, 3.05) is 20.3 Å². The fourth-order valence-corrected chi connectivity index (χ4v) is 5.20. The van der Waals surface area contributed by atoms with Crippen molar-refractivity contribution in [3.63, 3.8) is 0 Å². The summed E-state index contributed by atoms with van der Waals surface area (Å²) in [6.07, 6.45) is 6.03. The van der Waals surface area contributed by atoms with Crippen LogP contribution in [0.4, 0.5) is 0 Å². The fourth-order valence-electron chi connectivity index (χ4n) is 4.28. The van der Waals surface area contributed by atoms with Gasteiger partial charge in [-0.05, 0) is 54.2 Å². The lowest BCUT2D eigenvalue weighted by atomic mass is 9.93. The van der Waals surface area contributed by atoms with Crippen molar-refractivity contribution >= 4 is 21.6 Å². The minimum atomic E-state index is -0.00814. The van der Waals surface area contributed by atoms with Crippen molar-refractivity contribution in [3.05, 3.63) is 75.3 Å². The van der Waals surface area contributed by atoms with Crippen molar-refractivity contribution in [1.82, 2.24) is 19.3 Å². The zero-order valence-electron chi connectivity index (χ0n) is 18.2. The molecule has 1 aliphatic heterocycles. The molecule has 5 rings (SSSR count). The van der Waals surface area contributed by atoms with Crippen LogP contribution in [-0.2, 0) is 16.2 Å². The number of rotatable bonds is 6. The molecule has 1 atom stereocenters. The van der Waals surface area contributed by atoms with Crippen LogP contribution in [0.5, 0.6) is 0 Å². The number of methoxy groups -OCH3 is 1. The van der Waals surface area contributed by atoms with Crippen LogP contribution < -0.4 is 4.87 Å². The lowest BCUT2D eigenvalue weighted by Crippen LogP contribution is -2.14. The number of nitrogens with zero attached hydrogens (tertiary/aromatic N) is 4. The van der Waals surface area contributed by atoms with E-state index in [1.165, 1.54) is 16.9 Å². The van der Waals surface area contributed by atoms with Crippen LogP contribution in [0.3, 0.4) is 0 Å². The van der Waals surface area contributed by atoms with Crippen LogP contribution in [0.1, 0.15) is 48.4 Å². The average molecular weight is 451 g/mol. The molecule has 3 aromatic heterocycles. The fraction of sp³-hybridized carbons (Fsp3) is 0.375. The number of hydrogen-bond acceptors (Lipinski definition) is 6. The van der Waals surface area contributed by atoms with E-state index in [1.807, 2.05) is 35.3 Å². The second-order valence-corrected chi connectivity index (χ2v) is 9.18. The summed E-state index contributed by atoms with van der Waals surface area (Å²) in [6.45, 7) is 4.04. The normalized spacial score (nSPS) is 15.9. The van der Waals surface area contributed by atoms with E-state index in [9.17, 15) is 4.79 Å². The predicted octanol–water partition coefficient (Wildman–Crippen LogP) is 4.29. The highest BCUT2D eigenvalue weighted by Crippen LogP contribution is 2.29. The first-order valence-electron chi connectivity index (χ1n) is 10.9. The molecule has 7 nitrogen and oxygen atoms in total. The molecule has 0 saturated carbocycles. The Morgan fingerprint density at radius 2 is 2.06 bits per heavy atom. The Balaban J connectivity index is 1.36. The number of hydrogen-bond donors (Lipinski definition) is 0. The molecule has 32 heavy (non-hydrogen) atoms. The van der Waals surface area contributed by atoms with Crippen molar-refractivity contribution in [2.24, 2.45) is 0 Å². The van der Waals surface area contributed by atoms with Gasteiger partial charge in [0.25, 0.3) is 0 Å². The second kappa shape index (κ2) is 8.97. The molecular formula is C24H26N4O3S. The van der Waals surface area contributed by atoms with Gasteiger partial charge in [-0.3, -0.25) is 9.36 Å². The van der Waals surface area contributed by atoms with E-state index in [0.29, 0.717) is 5.92 Å². The number of ether oxygens (including phenoxy) is 2. The summed E-state index contributed by atoms with van der Waals surface area (Å²) in [5.74, 6) is 1.43. The van der Waals surface area contributed by atoms with Crippen molar-refractivity contribution in [3.8, 4) is 5.82 Å². The smallest absolute Gasteiger partial charge is 0.310 e. The molecule has 0 radical (unpaired) electrons. The van der Waals surface area contributed by atoms with Gasteiger partial charge in [-0.25, -0.2) is 9.67 Å². The van der Waals surface area contributed by atoms with E-state index >= 15 is 0 Å². The van der Waals surface area contributed by atoms with E-state index < -0.39 is 0 Å². The third-order valence-electron chi connectivity index (χ3n) is 6.20. The molecule has 0 amide bonds. The Labute approximate surface area is 190 Å². The highest BCUT2D eigenvalue weighted by atomic mass is 32.1. The van der Waals surface area contributed by atoms with Gasteiger partial charge in [-0.2, -0.15) is 5.10 Å². The Hall–Kier alpha value is -2.81. The lowest BCUT2D eigenvalue weighted by molar-refractivity contribution is 0.0853. The molecule has 1 unspecified atom stereocenters. The topological polar surface area (TPSA) is 71.2 Å². The molecule has 166 valence electrons. The quantitative estimate of drug-likeness (QED) is 0.438. The molecule has 4 heterocycles. The Morgan fingerprint density at radius 3 is 2.81 bits per heavy atom. The van der Waals surface area contributed by atoms with Crippen LogP contribution in [0, 0.1) is 0 Å². The van der Waals surface area contributed by atoms with Gasteiger partial charge in [-0.1, -0.05) is 30.4 Å². The molecule has 8 heteroatoms. The molecule has 0 spiro atoms. The third-order valence-corrected chi connectivity index (χ3v) is 7.14. The molecule has 1 aromatic carbocycles. The molecule has 1 aliphatic rings. The average Bonchev–Trinajstić information content (AvgIpc) is 3.44. The van der Waals surface area contributed by atoms with Crippen LogP contribution in [0.25, 0.3) is 16.0 Å². The van der Waals surface area contributed by atoms with E-state index in [-0.39, 0.29) is 17.5 Å². The van der Waals surface area contributed by atoms with Crippen LogP contribution in [0.2, 0.25) is 0 Å². The largest absolute Gasteiger partial charge is 0.381 e. The summed E-state index contributed by atoms with van der Waals surface area (Å²) < 4.78 is 15.1. The number of benzene rings is 1. The van der Waals surface area contributed by atoms with Crippen molar-refractivity contribution < 1.29 is 9.47 Å². The maximum Gasteiger partial charge on any atom is 0.310 e. The summed E-state index contributed by atoms with van der Waals surface area (Å²) in [7, 11) is 1.59. The zero-order chi connectivity index (χ0) is 22.1. The maximum absolute atomic E-state index is 12.2. The summed E-state index contributed by atoms with van der Waals surface area (Å²) in [4.78, 5) is 16.9. The highest BCUT2D eigenvalue weighted by Gasteiger charge is 2.18. The number of aromatic nitrogens is 4. The highest BCUT2D eigenvalue weighted by molar-refractivity contribution is 7.16. The molecule has 1 saturated heterocycles. The summed E-state index contributed by atoms with van der Waals surface area (Å²) in [5.41, 5.74) is 4.25. The predicted molar refractivity (Wildman–Crippen MR) is 125 cm³/mol. The van der Waals surface area contributed by atoms with E-state index in [2.05, 4.69) is 30.1 Å². The molecule has 4 aromatic rings. The number of pyridine rings is 1. The van der Waals surface area contributed by atoms with E-state index in [0.717, 1.165) is 53.3 Å². The van der Waals surface area contributed by atoms with E-state index in [1.54, 1.807) is 11.7 Å². The minimum Gasteiger partial charge on any atom is -0.381 e. The van der Waals surface area contributed by atoms with Gasteiger partial charge in [0.2, 0.25) is 0 Å². The van der Waals surface area contributed by atoms with Gasteiger partial charge < -0.3 is 9.47 Å². The monoisotopic (exact) mass is 450 g/mol. The van der Waals surface area contributed by atoms with Gasteiger partial charge in [-0.15, -0.1) is 0 Å². The Bertz CT molecular complexity index is 1270. The van der Waals surface area contributed by atoms with E-state index in [4.69, 9.17) is 14.6 Å². The summed E-state index contributed by atoms with van der Waals surface area (Å²) >= 11 is 1.24. The molecule has 1 fully saturated rings. The first kappa shape index (κ1) is 21.1. The molecular weight excluding hydrogens is 424 g/mol. The van der Waals surface area contributed by atoms with Crippen LogP contribution in [0.15, 0.2) is 53.6 Å². The van der Waals surface area contributed by atoms with Crippen molar-refractivity contribution in [2.45, 2.75) is 38.3 Å². The standard InChI is InChI=1S/C24H26N4O3S/c1-16(18-3-5-21-22(13-18)32-24(29)27(21)15-30-2)20-7-10-28(26-20)23-6-4-19(14-25-23)17-8-11-31-12-9-17/h3-7,10,13-14,16-17H,8-9,11-12,15H2,1-2H3. The first-order chi connectivity index (χ1) is 15.6. The van der Waals surface area contributed by atoms with Crippen molar-refractivity contribution in [1.29, 1.82) is 0 Å². The van der Waals surface area contributed by atoms with Gasteiger partial charge in [0.05, 0.1) is 15.9 Å². The van der Waals surface area contributed by atoms with Gasteiger partial charge >= 0.3 is 4.87 Å². The van der Waals surface area contributed by atoms with Crippen LogP contribution in [-0.4, -0.2) is 39.7 Å². The molecule has 0 aliphatic carbocycles. The SMILES string of the molecule is COCn1c(=O)sc2cc(C(C)c3ccn(-c4ccc(C5CCOCC5)cn4)n3)ccc21. The summed E-state index contributed by atoms with van der Waals surface area (Å²) in [6, 6.07) is 12.4.